The first-order chi connectivity index (χ1) is 18.5. The van der Waals surface area contributed by atoms with Crippen LogP contribution < -0.4 is 10.6 Å². The molecule has 1 heterocycles. The third-order valence-electron chi connectivity index (χ3n) is 9.08. The Labute approximate surface area is 233 Å². The highest BCUT2D eigenvalue weighted by atomic mass is 16.3. The van der Waals surface area contributed by atoms with E-state index in [4.69, 9.17) is 5.73 Å². The summed E-state index contributed by atoms with van der Waals surface area (Å²) < 4.78 is 0. The first-order valence-electron chi connectivity index (χ1n) is 13.4. The molecule has 3 aliphatic carbocycles. The SMILES string of the molecule is CN(C)c1cc(C(=O)N2CC(C)(C)C2)c(O)c2c1C[C@H]1C[C@H]3[C@H](N(C)C)C(O)=C(C(N)=O)C(=O)[C@@]3(O)C(O)=C1C2. The van der Waals surface area contributed by atoms with E-state index in [0.717, 1.165) is 11.3 Å². The lowest BCUT2D eigenvalue weighted by molar-refractivity contribution is -0.148. The van der Waals surface area contributed by atoms with E-state index in [2.05, 4.69) is 13.8 Å². The fourth-order valence-corrected chi connectivity index (χ4v) is 7.26. The van der Waals surface area contributed by atoms with Crippen molar-refractivity contribution < 1.29 is 34.8 Å². The third-order valence-corrected chi connectivity index (χ3v) is 9.08. The Morgan fingerprint density at radius 1 is 1.07 bits per heavy atom. The number of Topliss-reactive ketones (excluding diaryl/α,β-unsaturated/α-hetero) is 1. The molecule has 5 rings (SSSR count). The minimum atomic E-state index is -2.48. The Hall–Kier alpha value is -3.57. The van der Waals surface area contributed by atoms with Gasteiger partial charge in [0, 0.05) is 50.8 Å². The summed E-state index contributed by atoms with van der Waals surface area (Å²) in [7, 11) is 6.99. The maximum atomic E-state index is 13.5. The molecule has 216 valence electrons. The van der Waals surface area contributed by atoms with E-state index in [9.17, 15) is 34.8 Å². The summed E-state index contributed by atoms with van der Waals surface area (Å²) >= 11 is 0. The van der Waals surface area contributed by atoms with E-state index < -0.39 is 46.3 Å². The number of fused-ring (bicyclic) bond motifs is 3. The molecule has 0 saturated carbocycles. The smallest absolute Gasteiger partial charge is 0.257 e. The van der Waals surface area contributed by atoms with Crippen molar-refractivity contribution in [3.05, 3.63) is 45.4 Å². The number of aliphatic hydroxyl groups excluding tert-OH is 2. The molecule has 0 radical (unpaired) electrons. The number of ketones is 1. The molecule has 40 heavy (non-hydrogen) atoms. The molecule has 11 heteroatoms. The molecule has 0 spiro atoms. The summed E-state index contributed by atoms with van der Waals surface area (Å²) in [5.74, 6) is -5.19. The molecule has 1 aromatic rings. The summed E-state index contributed by atoms with van der Waals surface area (Å²) in [4.78, 5) is 44.2. The van der Waals surface area contributed by atoms with Crippen LogP contribution in [0.5, 0.6) is 5.75 Å². The molecular weight excluding hydrogens is 516 g/mol. The Kier molecular flexibility index (Phi) is 6.27. The fraction of sp³-hybridized carbons (Fsp3) is 0.552. The minimum absolute atomic E-state index is 0.00165. The zero-order valence-corrected chi connectivity index (χ0v) is 23.8. The van der Waals surface area contributed by atoms with Crippen LogP contribution in [-0.4, -0.2) is 101 Å². The topological polar surface area (TPSA) is 168 Å². The summed E-state index contributed by atoms with van der Waals surface area (Å²) in [5, 5.41) is 45.7. The number of likely N-dealkylation sites (N-methyl/N-ethyl adjacent to an activating group) is 1. The number of carbonyl (C=O) groups is 3. The third kappa shape index (κ3) is 3.81. The molecule has 1 aromatic carbocycles. The number of phenolic OH excluding ortho intramolecular Hbond substituents is 1. The molecule has 1 saturated heterocycles. The molecule has 0 unspecified atom stereocenters. The van der Waals surface area contributed by atoms with Crippen molar-refractivity contribution >= 4 is 23.3 Å². The number of anilines is 1. The van der Waals surface area contributed by atoms with Gasteiger partial charge in [0.05, 0.1) is 11.6 Å². The van der Waals surface area contributed by atoms with E-state index in [-0.39, 0.29) is 41.4 Å². The quantitative estimate of drug-likeness (QED) is 0.341. The summed E-state index contributed by atoms with van der Waals surface area (Å²) in [5.41, 5.74) is 4.76. The van der Waals surface area contributed by atoms with Crippen LogP contribution in [0.1, 0.15) is 41.8 Å². The number of likely N-dealkylation sites (tertiary alicyclic amines) is 1. The van der Waals surface area contributed by atoms with Crippen molar-refractivity contribution in [3.63, 3.8) is 0 Å². The number of carbonyl (C=O) groups excluding carboxylic acids is 3. The van der Waals surface area contributed by atoms with Crippen molar-refractivity contribution in [2.45, 2.75) is 44.8 Å². The fourth-order valence-electron chi connectivity index (χ4n) is 7.26. The van der Waals surface area contributed by atoms with Gasteiger partial charge in [-0.2, -0.15) is 0 Å². The average molecular weight is 555 g/mol. The zero-order chi connectivity index (χ0) is 29.6. The van der Waals surface area contributed by atoms with Crippen LogP contribution in [0.3, 0.4) is 0 Å². The number of hydrogen-bond donors (Lipinski definition) is 5. The molecular formula is C29H38N4O7. The lowest BCUT2D eigenvalue weighted by atomic mass is 9.58. The van der Waals surface area contributed by atoms with Crippen LogP contribution in [0.15, 0.2) is 28.7 Å². The summed E-state index contributed by atoms with van der Waals surface area (Å²) in [6.07, 6.45) is 0.591. The van der Waals surface area contributed by atoms with Crippen molar-refractivity contribution in [2.75, 3.05) is 46.2 Å². The molecule has 4 atom stereocenters. The van der Waals surface area contributed by atoms with Crippen LogP contribution in [0.2, 0.25) is 0 Å². The Bertz CT molecular complexity index is 1400. The number of aliphatic hydroxyl groups is 3. The number of rotatable bonds is 4. The summed E-state index contributed by atoms with van der Waals surface area (Å²) in [6.45, 7) is 5.27. The van der Waals surface area contributed by atoms with Gasteiger partial charge in [-0.1, -0.05) is 13.8 Å². The number of nitrogens with two attached hydrogens (primary N) is 1. The van der Waals surface area contributed by atoms with E-state index in [1.807, 2.05) is 19.0 Å². The highest BCUT2D eigenvalue weighted by Gasteiger charge is 2.62. The van der Waals surface area contributed by atoms with E-state index in [0.29, 0.717) is 30.6 Å². The second-order valence-corrected chi connectivity index (χ2v) is 12.9. The van der Waals surface area contributed by atoms with Crippen LogP contribution in [0, 0.1) is 17.3 Å². The highest BCUT2D eigenvalue weighted by Crippen LogP contribution is 2.53. The first kappa shape index (κ1) is 28.0. The van der Waals surface area contributed by atoms with Crippen LogP contribution >= 0.6 is 0 Å². The van der Waals surface area contributed by atoms with E-state index >= 15 is 0 Å². The average Bonchev–Trinajstić information content (AvgIpc) is 2.83. The second kappa shape index (κ2) is 8.97. The van der Waals surface area contributed by atoms with Crippen molar-refractivity contribution in [2.24, 2.45) is 23.0 Å². The lowest BCUT2D eigenvalue weighted by Gasteiger charge is -2.50. The Morgan fingerprint density at radius 3 is 2.23 bits per heavy atom. The number of benzene rings is 1. The molecule has 11 nitrogen and oxygen atoms in total. The number of allylic oxidation sites excluding steroid dienone is 1. The number of nitrogens with zero attached hydrogens (tertiary/aromatic N) is 3. The number of aromatic hydroxyl groups is 1. The normalized spacial score (nSPS) is 29.1. The monoisotopic (exact) mass is 554 g/mol. The number of hydrogen-bond acceptors (Lipinski definition) is 9. The molecule has 1 aliphatic heterocycles. The number of amides is 2. The Morgan fingerprint density at radius 2 is 1.70 bits per heavy atom. The van der Waals surface area contributed by atoms with Gasteiger partial charge in [-0.25, -0.2) is 0 Å². The first-order valence-corrected chi connectivity index (χ1v) is 13.4. The second-order valence-electron chi connectivity index (χ2n) is 12.9. The van der Waals surface area contributed by atoms with Gasteiger partial charge in [-0.05, 0) is 55.5 Å². The van der Waals surface area contributed by atoms with E-state index in [1.54, 1.807) is 30.0 Å². The Balaban J connectivity index is 1.64. The van der Waals surface area contributed by atoms with Gasteiger partial charge in [0.2, 0.25) is 5.78 Å². The highest BCUT2D eigenvalue weighted by molar-refractivity contribution is 6.24. The molecule has 1 fully saturated rings. The molecule has 4 aliphatic rings. The van der Waals surface area contributed by atoms with Crippen molar-refractivity contribution in [3.8, 4) is 5.75 Å². The van der Waals surface area contributed by atoms with E-state index in [1.165, 1.54) is 0 Å². The summed E-state index contributed by atoms with van der Waals surface area (Å²) in [6, 6.07) is 0.758. The molecule has 2 amide bonds. The van der Waals surface area contributed by atoms with Crippen molar-refractivity contribution in [1.29, 1.82) is 0 Å². The molecule has 6 N–H and O–H groups in total. The maximum Gasteiger partial charge on any atom is 0.257 e. The predicted octanol–water partition coefficient (Wildman–Crippen LogP) is 1.03. The van der Waals surface area contributed by atoms with Gasteiger partial charge in [-0.15, -0.1) is 0 Å². The van der Waals surface area contributed by atoms with Gasteiger partial charge in [0.15, 0.2) is 5.60 Å². The number of phenols is 1. The molecule has 0 aromatic heterocycles. The van der Waals surface area contributed by atoms with Gasteiger partial charge < -0.3 is 36.0 Å². The zero-order valence-electron chi connectivity index (χ0n) is 23.8. The standard InChI is InChI=1S/C29H38N4O7/c1-28(2)11-33(12-28)27(39)17-10-19(31(3)4)15-7-13-8-18-21(32(5)6)23(35)20(26(30)38)25(37)29(18,40)24(36)14(13)9-16(15)22(17)34/h10,13,18,21,34-36,40H,7-9,11-12H2,1-6H3,(H2,30,38)/t13-,18-,21-,29-/m0/s1. The van der Waals surface area contributed by atoms with Gasteiger partial charge in [-0.3, -0.25) is 19.3 Å². The van der Waals surface area contributed by atoms with Gasteiger partial charge in [0.25, 0.3) is 11.8 Å². The van der Waals surface area contributed by atoms with Gasteiger partial charge in [0.1, 0.15) is 22.8 Å². The van der Waals surface area contributed by atoms with Crippen molar-refractivity contribution in [1.82, 2.24) is 9.80 Å². The lowest BCUT2D eigenvalue weighted by Crippen LogP contribution is -2.63. The predicted molar refractivity (Wildman–Crippen MR) is 147 cm³/mol. The van der Waals surface area contributed by atoms with Crippen LogP contribution in [0.25, 0.3) is 0 Å². The van der Waals surface area contributed by atoms with Crippen LogP contribution in [0.4, 0.5) is 5.69 Å². The van der Waals surface area contributed by atoms with Gasteiger partial charge >= 0.3 is 0 Å². The van der Waals surface area contributed by atoms with Crippen LogP contribution in [-0.2, 0) is 22.4 Å². The molecule has 0 bridgehead atoms. The largest absolute Gasteiger partial charge is 0.510 e. The number of primary amides is 1. The minimum Gasteiger partial charge on any atom is -0.510 e. The maximum absolute atomic E-state index is 13.5.